The Kier molecular flexibility index (Phi) is 6.41. The van der Waals surface area contributed by atoms with Crippen molar-refractivity contribution in [3.8, 4) is 5.75 Å². The van der Waals surface area contributed by atoms with Gasteiger partial charge >= 0.3 is 0 Å². The van der Waals surface area contributed by atoms with E-state index in [9.17, 15) is 4.79 Å². The lowest BCUT2D eigenvalue weighted by Gasteiger charge is -2.31. The van der Waals surface area contributed by atoms with Crippen LogP contribution in [0.4, 0.5) is 0 Å². The molecular formula is C20H21Cl2NO3. The molecule has 0 unspecified atom stereocenters. The van der Waals surface area contributed by atoms with Gasteiger partial charge in [0, 0.05) is 35.8 Å². The number of benzene rings is 2. The molecule has 1 aliphatic rings. The summed E-state index contributed by atoms with van der Waals surface area (Å²) in [6.07, 6.45) is 1.94. The highest BCUT2D eigenvalue weighted by atomic mass is 35.5. The first-order chi connectivity index (χ1) is 12.6. The van der Waals surface area contributed by atoms with Crippen LogP contribution in [0.25, 0.3) is 0 Å². The number of carbonyl (C=O) groups excluding carboxylic acids is 1. The van der Waals surface area contributed by atoms with Crippen molar-refractivity contribution in [2.45, 2.75) is 25.6 Å². The highest BCUT2D eigenvalue weighted by Gasteiger charge is 2.25. The van der Waals surface area contributed by atoms with Crippen LogP contribution >= 0.6 is 23.2 Å². The van der Waals surface area contributed by atoms with Gasteiger partial charge in [-0.25, -0.2) is 0 Å². The van der Waals surface area contributed by atoms with E-state index < -0.39 is 0 Å². The van der Waals surface area contributed by atoms with Crippen LogP contribution in [-0.2, 0) is 11.3 Å². The van der Waals surface area contributed by atoms with Crippen molar-refractivity contribution < 1.29 is 14.3 Å². The summed E-state index contributed by atoms with van der Waals surface area (Å²) in [7, 11) is 1.72. The summed E-state index contributed by atoms with van der Waals surface area (Å²) in [5.74, 6) is 0.537. The molecule has 0 aromatic heterocycles. The lowest BCUT2D eigenvalue weighted by atomic mass is 10.1. The minimum atomic E-state index is -0.0163. The van der Waals surface area contributed by atoms with Crippen LogP contribution in [0.5, 0.6) is 5.75 Å². The summed E-state index contributed by atoms with van der Waals surface area (Å²) in [5.41, 5.74) is 1.38. The maximum absolute atomic E-state index is 12.9. The van der Waals surface area contributed by atoms with Gasteiger partial charge in [-0.1, -0.05) is 41.4 Å². The van der Waals surface area contributed by atoms with Crippen LogP contribution in [0.1, 0.15) is 28.8 Å². The minimum Gasteiger partial charge on any atom is -0.488 e. The van der Waals surface area contributed by atoms with Crippen LogP contribution in [0, 0.1) is 0 Å². The topological polar surface area (TPSA) is 38.8 Å². The van der Waals surface area contributed by atoms with Crippen molar-refractivity contribution in [1.82, 2.24) is 4.90 Å². The van der Waals surface area contributed by atoms with Crippen molar-refractivity contribution in [2.24, 2.45) is 0 Å². The molecule has 1 aliphatic heterocycles. The minimum absolute atomic E-state index is 0.0163. The summed E-state index contributed by atoms with van der Waals surface area (Å²) in [6, 6.07) is 12.6. The van der Waals surface area contributed by atoms with Gasteiger partial charge in [0.15, 0.2) is 0 Å². The third kappa shape index (κ3) is 4.50. The van der Waals surface area contributed by atoms with E-state index in [4.69, 9.17) is 32.7 Å². The van der Waals surface area contributed by atoms with Gasteiger partial charge < -0.3 is 14.4 Å². The van der Waals surface area contributed by atoms with Gasteiger partial charge in [0.25, 0.3) is 5.91 Å². The second-order valence-corrected chi connectivity index (χ2v) is 7.09. The van der Waals surface area contributed by atoms with Gasteiger partial charge in [0.1, 0.15) is 12.4 Å². The zero-order valence-corrected chi connectivity index (χ0v) is 16.1. The number of halogens is 2. The molecule has 0 N–H and O–H groups in total. The third-order valence-electron chi connectivity index (χ3n) is 4.58. The number of methoxy groups -OCH3 is 1. The van der Waals surface area contributed by atoms with Crippen molar-refractivity contribution in [3.63, 3.8) is 0 Å². The van der Waals surface area contributed by atoms with Crippen LogP contribution in [-0.4, -0.2) is 37.1 Å². The number of carbonyl (C=O) groups is 1. The maximum atomic E-state index is 12.9. The van der Waals surface area contributed by atoms with E-state index in [-0.39, 0.29) is 18.6 Å². The van der Waals surface area contributed by atoms with Gasteiger partial charge in [0.2, 0.25) is 0 Å². The molecule has 0 spiro atoms. The number of para-hydroxylation sites is 1. The lowest BCUT2D eigenvalue weighted by molar-refractivity contribution is 0.0348. The Morgan fingerprint density at radius 1 is 1.15 bits per heavy atom. The number of nitrogens with zero attached hydrogens (tertiary/aromatic N) is 1. The summed E-state index contributed by atoms with van der Waals surface area (Å²) < 4.78 is 11.3. The number of likely N-dealkylation sites (tertiary alicyclic amines) is 1. The highest BCUT2D eigenvalue weighted by Crippen LogP contribution is 2.26. The van der Waals surface area contributed by atoms with Gasteiger partial charge in [-0.3, -0.25) is 4.79 Å². The van der Waals surface area contributed by atoms with Crippen LogP contribution in [0.3, 0.4) is 0 Å². The fourth-order valence-corrected chi connectivity index (χ4v) is 3.49. The Morgan fingerprint density at radius 3 is 2.58 bits per heavy atom. The highest BCUT2D eigenvalue weighted by molar-refractivity contribution is 6.35. The summed E-state index contributed by atoms with van der Waals surface area (Å²) in [4.78, 5) is 14.8. The zero-order valence-electron chi connectivity index (χ0n) is 14.6. The van der Waals surface area contributed by atoms with E-state index in [0.717, 1.165) is 18.4 Å². The molecule has 26 heavy (non-hydrogen) atoms. The predicted octanol–water partition coefficient (Wildman–Crippen LogP) is 4.82. The van der Waals surface area contributed by atoms with E-state index in [1.165, 1.54) is 0 Å². The predicted molar refractivity (Wildman–Crippen MR) is 103 cm³/mol. The van der Waals surface area contributed by atoms with E-state index in [1.807, 2.05) is 23.1 Å². The van der Waals surface area contributed by atoms with E-state index in [1.54, 1.807) is 31.4 Å². The summed E-state index contributed by atoms with van der Waals surface area (Å²) in [6.45, 7) is 1.65. The summed E-state index contributed by atoms with van der Waals surface area (Å²) >= 11 is 12.1. The van der Waals surface area contributed by atoms with Crippen LogP contribution in [0.15, 0.2) is 42.5 Å². The number of piperidine rings is 1. The Balaban J connectivity index is 1.70. The lowest BCUT2D eigenvalue weighted by Crippen LogP contribution is -2.40. The average Bonchev–Trinajstić information content (AvgIpc) is 2.67. The fraction of sp³-hybridized carbons (Fsp3) is 0.350. The maximum Gasteiger partial charge on any atom is 0.257 e. The fourth-order valence-electron chi connectivity index (χ4n) is 3.03. The number of hydrogen-bond acceptors (Lipinski definition) is 3. The Bertz CT molecular complexity index is 773. The zero-order chi connectivity index (χ0) is 18.5. The molecule has 2 aromatic rings. The first-order valence-electron chi connectivity index (χ1n) is 8.56. The van der Waals surface area contributed by atoms with Crippen molar-refractivity contribution in [1.29, 1.82) is 0 Å². The molecule has 1 fully saturated rings. The number of ether oxygens (including phenoxy) is 2. The smallest absolute Gasteiger partial charge is 0.257 e. The molecule has 0 saturated carbocycles. The second-order valence-electron chi connectivity index (χ2n) is 6.25. The largest absolute Gasteiger partial charge is 0.488 e. The molecule has 138 valence electrons. The quantitative estimate of drug-likeness (QED) is 0.730. The average molecular weight is 394 g/mol. The normalized spacial score (nSPS) is 15.1. The third-order valence-corrected chi connectivity index (χ3v) is 5.17. The Morgan fingerprint density at radius 2 is 1.88 bits per heavy atom. The molecule has 3 rings (SSSR count). The number of amides is 1. The summed E-state index contributed by atoms with van der Waals surface area (Å²) in [5, 5.41) is 1.12. The molecule has 1 saturated heterocycles. The molecule has 2 aromatic carbocycles. The first kappa shape index (κ1) is 19.0. The van der Waals surface area contributed by atoms with E-state index in [0.29, 0.717) is 34.4 Å². The number of rotatable bonds is 5. The molecule has 0 radical (unpaired) electrons. The monoisotopic (exact) mass is 393 g/mol. The van der Waals surface area contributed by atoms with Crippen molar-refractivity contribution in [3.05, 3.63) is 63.6 Å². The Hall–Kier alpha value is -1.75. The molecule has 4 nitrogen and oxygen atoms in total. The molecule has 1 amide bonds. The Labute approximate surface area is 163 Å². The SMILES string of the molecule is COC1CCN(C(=O)c2ccccc2OCc2ccc(Cl)cc2Cl)CC1. The van der Waals surface area contributed by atoms with E-state index >= 15 is 0 Å². The molecule has 0 atom stereocenters. The molecule has 6 heteroatoms. The van der Waals surface area contributed by atoms with Crippen molar-refractivity contribution in [2.75, 3.05) is 20.2 Å². The molecule has 0 aliphatic carbocycles. The number of hydrogen-bond donors (Lipinski definition) is 0. The van der Waals surface area contributed by atoms with Crippen molar-refractivity contribution >= 4 is 29.1 Å². The molecule has 0 bridgehead atoms. The van der Waals surface area contributed by atoms with Crippen LogP contribution in [0.2, 0.25) is 10.0 Å². The van der Waals surface area contributed by atoms with Gasteiger partial charge in [-0.2, -0.15) is 0 Å². The van der Waals surface area contributed by atoms with Gasteiger partial charge in [-0.05, 0) is 37.1 Å². The second kappa shape index (κ2) is 8.76. The van der Waals surface area contributed by atoms with Crippen LogP contribution < -0.4 is 4.74 Å². The molecular weight excluding hydrogens is 373 g/mol. The van der Waals surface area contributed by atoms with E-state index in [2.05, 4.69) is 0 Å². The first-order valence-corrected chi connectivity index (χ1v) is 9.32. The standard InChI is InChI=1S/C20H21Cl2NO3/c1-25-16-8-10-23(11-9-16)20(24)17-4-2-3-5-19(17)26-13-14-6-7-15(21)12-18(14)22/h2-7,12,16H,8-11,13H2,1H3. The van der Waals surface area contributed by atoms with Gasteiger partial charge in [-0.15, -0.1) is 0 Å². The van der Waals surface area contributed by atoms with Gasteiger partial charge in [0.05, 0.1) is 11.7 Å². The molecule has 1 heterocycles.